The molecule has 0 saturated carbocycles. The predicted molar refractivity (Wildman–Crippen MR) is 97.2 cm³/mol. The Kier molecular flexibility index (Phi) is 7.29. The van der Waals surface area contributed by atoms with Crippen molar-refractivity contribution in [3.05, 3.63) is 40.6 Å². The zero-order chi connectivity index (χ0) is 20.7. The number of hydrogen-bond acceptors (Lipinski definition) is 4. The fourth-order valence-electron chi connectivity index (χ4n) is 2.64. The second kappa shape index (κ2) is 9.46. The molecule has 0 spiro atoms. The van der Waals surface area contributed by atoms with Gasteiger partial charge in [-0.15, -0.1) is 0 Å². The molecule has 0 aliphatic carbocycles. The molecule has 10 heteroatoms. The molecule has 6 nitrogen and oxygen atoms in total. The second-order valence-electron chi connectivity index (χ2n) is 6.10. The monoisotopic (exact) mass is 414 g/mol. The molecule has 1 aromatic carbocycles. The average Bonchev–Trinajstić information content (AvgIpc) is 3.04. The molecule has 2 N–H and O–H groups in total. The summed E-state index contributed by atoms with van der Waals surface area (Å²) in [6, 6.07) is 4.86. The molecule has 0 bridgehead atoms. The Bertz CT molecular complexity index is 818. The number of amides is 2. The van der Waals surface area contributed by atoms with Crippen molar-refractivity contribution < 1.29 is 22.8 Å². The summed E-state index contributed by atoms with van der Waals surface area (Å²) in [7, 11) is 0. The lowest BCUT2D eigenvalue weighted by molar-refractivity contribution is -0.137. The summed E-state index contributed by atoms with van der Waals surface area (Å²) in [5, 5.41) is 13.7. The van der Waals surface area contributed by atoms with Gasteiger partial charge in [-0.25, -0.2) is 0 Å². The van der Waals surface area contributed by atoms with Gasteiger partial charge in [-0.3, -0.25) is 9.59 Å². The lowest BCUT2D eigenvalue weighted by Crippen LogP contribution is -2.31. The quantitative estimate of drug-likeness (QED) is 0.407. The molecule has 1 fully saturated rings. The first-order valence-electron chi connectivity index (χ1n) is 8.52. The molecule has 0 radical (unpaired) electrons. The summed E-state index contributed by atoms with van der Waals surface area (Å²) in [6.45, 7) is 1.50. The van der Waals surface area contributed by atoms with E-state index in [0.717, 1.165) is 24.8 Å². The Hall–Kier alpha value is -2.73. The van der Waals surface area contributed by atoms with Crippen LogP contribution in [-0.2, 0) is 15.8 Å². The van der Waals surface area contributed by atoms with Crippen LogP contribution in [0.1, 0.15) is 24.8 Å². The highest BCUT2D eigenvalue weighted by Crippen LogP contribution is 2.36. The van der Waals surface area contributed by atoms with Gasteiger partial charge in [0.15, 0.2) is 0 Å². The first-order chi connectivity index (χ1) is 13.2. The summed E-state index contributed by atoms with van der Waals surface area (Å²) >= 11 is 5.54. The van der Waals surface area contributed by atoms with E-state index < -0.39 is 22.7 Å². The molecule has 1 aromatic rings. The number of alkyl halides is 3. The average molecular weight is 415 g/mol. The van der Waals surface area contributed by atoms with Crippen molar-refractivity contribution in [2.75, 3.05) is 25.0 Å². The maximum Gasteiger partial charge on any atom is 0.417 e. The Morgan fingerprint density at radius 2 is 2.14 bits per heavy atom. The van der Waals surface area contributed by atoms with E-state index in [1.165, 1.54) is 6.07 Å². The number of benzene rings is 1. The van der Waals surface area contributed by atoms with Gasteiger partial charge in [-0.2, -0.15) is 18.4 Å². The molecule has 0 aromatic heterocycles. The summed E-state index contributed by atoms with van der Waals surface area (Å²) in [6.07, 6.45) is -1.68. The lowest BCUT2D eigenvalue weighted by atomic mass is 10.2. The van der Waals surface area contributed by atoms with Gasteiger partial charge in [0, 0.05) is 37.9 Å². The number of nitrogens with one attached hydrogen (secondary N) is 2. The van der Waals surface area contributed by atoms with Crippen LogP contribution in [-0.4, -0.2) is 36.3 Å². The normalized spacial score (nSPS) is 14.8. The minimum Gasteiger partial charge on any atom is -0.360 e. The molecule has 1 aliphatic heterocycles. The van der Waals surface area contributed by atoms with Gasteiger partial charge in [0.05, 0.1) is 10.6 Å². The molecular weight excluding hydrogens is 397 g/mol. The fourth-order valence-corrected chi connectivity index (χ4v) is 2.87. The molecule has 1 aliphatic rings. The highest BCUT2D eigenvalue weighted by atomic mass is 35.5. The number of nitriles is 1. The molecular formula is C18H18ClF3N4O2. The topological polar surface area (TPSA) is 85.2 Å². The van der Waals surface area contributed by atoms with Gasteiger partial charge in [0.25, 0.3) is 5.91 Å². The molecule has 0 unspecified atom stereocenters. The van der Waals surface area contributed by atoms with E-state index in [0.29, 0.717) is 25.9 Å². The second-order valence-corrected chi connectivity index (χ2v) is 6.51. The smallest absolute Gasteiger partial charge is 0.360 e. The number of halogens is 4. The first-order valence-corrected chi connectivity index (χ1v) is 8.89. The van der Waals surface area contributed by atoms with E-state index in [1.807, 2.05) is 0 Å². The Morgan fingerprint density at radius 3 is 2.75 bits per heavy atom. The molecule has 28 heavy (non-hydrogen) atoms. The minimum absolute atomic E-state index is 0.0322. The Balaban J connectivity index is 1.89. The van der Waals surface area contributed by atoms with E-state index >= 15 is 0 Å². The highest BCUT2D eigenvalue weighted by molar-refractivity contribution is 6.31. The van der Waals surface area contributed by atoms with Crippen molar-refractivity contribution in [2.45, 2.75) is 25.4 Å². The van der Waals surface area contributed by atoms with Crippen LogP contribution >= 0.6 is 11.6 Å². The van der Waals surface area contributed by atoms with Gasteiger partial charge in [0.1, 0.15) is 11.6 Å². The molecule has 0 atom stereocenters. The van der Waals surface area contributed by atoms with Crippen molar-refractivity contribution in [2.24, 2.45) is 0 Å². The fraction of sp³-hybridized carbons (Fsp3) is 0.389. The number of likely N-dealkylation sites (tertiary alicyclic amines) is 1. The van der Waals surface area contributed by atoms with E-state index in [2.05, 4.69) is 10.6 Å². The van der Waals surface area contributed by atoms with Crippen LogP contribution in [0.2, 0.25) is 5.02 Å². The predicted octanol–water partition coefficient (Wildman–Crippen LogP) is 3.31. The number of anilines is 1. The van der Waals surface area contributed by atoms with Crippen LogP contribution in [0.5, 0.6) is 0 Å². The zero-order valence-corrected chi connectivity index (χ0v) is 15.5. The van der Waals surface area contributed by atoms with E-state index in [9.17, 15) is 22.8 Å². The third-order valence-corrected chi connectivity index (χ3v) is 4.41. The van der Waals surface area contributed by atoms with Crippen molar-refractivity contribution >= 4 is 29.1 Å². The summed E-state index contributed by atoms with van der Waals surface area (Å²) in [4.78, 5) is 25.2. The molecule has 2 amide bonds. The van der Waals surface area contributed by atoms with E-state index in [4.69, 9.17) is 16.9 Å². The minimum atomic E-state index is -4.62. The summed E-state index contributed by atoms with van der Waals surface area (Å²) in [5.41, 5.74) is -1.28. The molecule has 150 valence electrons. The van der Waals surface area contributed by atoms with Crippen LogP contribution < -0.4 is 10.6 Å². The highest BCUT2D eigenvalue weighted by Gasteiger charge is 2.33. The molecule has 2 rings (SSSR count). The van der Waals surface area contributed by atoms with Crippen molar-refractivity contribution in [1.29, 1.82) is 5.26 Å². The van der Waals surface area contributed by atoms with Gasteiger partial charge < -0.3 is 15.5 Å². The lowest BCUT2D eigenvalue weighted by Gasteiger charge is -2.15. The van der Waals surface area contributed by atoms with Crippen molar-refractivity contribution in [3.8, 4) is 6.07 Å². The number of carbonyl (C=O) groups excluding carboxylic acids is 2. The number of carbonyl (C=O) groups is 2. The van der Waals surface area contributed by atoms with Crippen LogP contribution in [0.4, 0.5) is 18.9 Å². The maximum absolute atomic E-state index is 12.9. The Morgan fingerprint density at radius 1 is 1.39 bits per heavy atom. The van der Waals surface area contributed by atoms with Crippen LogP contribution in [0.15, 0.2) is 30.0 Å². The Labute approximate surface area is 164 Å². The maximum atomic E-state index is 12.9. The zero-order valence-electron chi connectivity index (χ0n) is 14.8. The van der Waals surface area contributed by atoms with Gasteiger partial charge >= 0.3 is 6.18 Å². The van der Waals surface area contributed by atoms with Crippen LogP contribution in [0.3, 0.4) is 0 Å². The SMILES string of the molecule is N#C/C(=C/Nc1ccc(Cl)c(C(F)(F)F)c1)C(=O)NCCCN1CCCC1=O. The largest absolute Gasteiger partial charge is 0.417 e. The molecule has 1 saturated heterocycles. The van der Waals surface area contributed by atoms with Gasteiger partial charge in [-0.05, 0) is 31.0 Å². The number of hydrogen-bond donors (Lipinski definition) is 2. The number of nitrogens with zero attached hydrogens (tertiary/aromatic N) is 2. The van der Waals surface area contributed by atoms with Crippen LogP contribution in [0.25, 0.3) is 0 Å². The van der Waals surface area contributed by atoms with Crippen molar-refractivity contribution in [1.82, 2.24) is 10.2 Å². The van der Waals surface area contributed by atoms with E-state index in [1.54, 1.807) is 11.0 Å². The van der Waals surface area contributed by atoms with Gasteiger partial charge in [0.2, 0.25) is 5.91 Å². The van der Waals surface area contributed by atoms with E-state index in [-0.39, 0.29) is 23.7 Å². The summed E-state index contributed by atoms with van der Waals surface area (Å²) in [5.74, 6) is -0.568. The summed E-state index contributed by atoms with van der Waals surface area (Å²) < 4.78 is 38.6. The van der Waals surface area contributed by atoms with Gasteiger partial charge in [-0.1, -0.05) is 11.6 Å². The standard InChI is InChI=1S/C18H18ClF3N4O2/c19-15-5-4-13(9-14(15)18(20,21)22)25-11-12(10-23)17(28)24-6-2-8-26-7-1-3-16(26)27/h4-5,9,11,25H,1-3,6-8H2,(H,24,28)/b12-11-. The van der Waals surface area contributed by atoms with Crippen LogP contribution in [0, 0.1) is 11.3 Å². The third-order valence-electron chi connectivity index (χ3n) is 4.08. The third kappa shape index (κ3) is 5.89. The number of rotatable bonds is 7. The van der Waals surface area contributed by atoms with Crippen molar-refractivity contribution in [3.63, 3.8) is 0 Å². The molecule has 1 heterocycles. The first kappa shape index (κ1) is 21.6.